The van der Waals surface area contributed by atoms with Gasteiger partial charge in [0.15, 0.2) is 0 Å². The van der Waals surface area contributed by atoms with Gasteiger partial charge in [-0.15, -0.1) is 0 Å². The Kier molecular flexibility index (Phi) is 4.71. The highest BCUT2D eigenvalue weighted by atomic mass is 16.1. The molecular formula is C18H19N5O. The monoisotopic (exact) mass is 321 g/mol. The summed E-state index contributed by atoms with van der Waals surface area (Å²) in [6.07, 6.45) is 4.67. The van der Waals surface area contributed by atoms with E-state index in [0.717, 1.165) is 18.5 Å². The maximum absolute atomic E-state index is 12.4. The van der Waals surface area contributed by atoms with E-state index in [2.05, 4.69) is 20.6 Å². The molecule has 1 fully saturated rings. The number of aryl methyl sites for hydroxylation is 1. The highest BCUT2D eigenvalue weighted by molar-refractivity contribution is 6.03. The lowest BCUT2D eigenvalue weighted by Gasteiger charge is -2.13. The van der Waals surface area contributed by atoms with Crippen molar-refractivity contribution in [2.45, 2.75) is 38.6 Å². The van der Waals surface area contributed by atoms with Gasteiger partial charge in [0.05, 0.1) is 11.6 Å². The lowest BCUT2D eigenvalue weighted by Crippen LogP contribution is -2.20. The molecule has 0 unspecified atom stereocenters. The number of rotatable bonds is 4. The van der Waals surface area contributed by atoms with Crippen molar-refractivity contribution in [3.05, 3.63) is 47.3 Å². The smallest absolute Gasteiger partial charge is 0.274 e. The zero-order valence-electron chi connectivity index (χ0n) is 13.5. The van der Waals surface area contributed by atoms with Crippen molar-refractivity contribution in [1.29, 1.82) is 5.26 Å². The van der Waals surface area contributed by atoms with Crippen LogP contribution in [0.15, 0.2) is 30.3 Å². The normalized spacial score (nSPS) is 14.2. The Morgan fingerprint density at radius 3 is 2.58 bits per heavy atom. The quantitative estimate of drug-likeness (QED) is 0.902. The van der Waals surface area contributed by atoms with Crippen LogP contribution < -0.4 is 10.6 Å². The maximum Gasteiger partial charge on any atom is 0.274 e. The van der Waals surface area contributed by atoms with Gasteiger partial charge in [-0.25, -0.2) is 9.97 Å². The summed E-state index contributed by atoms with van der Waals surface area (Å²) in [6.45, 7) is 1.85. The molecule has 1 heterocycles. The Morgan fingerprint density at radius 1 is 1.21 bits per heavy atom. The summed E-state index contributed by atoms with van der Waals surface area (Å²) < 4.78 is 0. The van der Waals surface area contributed by atoms with Gasteiger partial charge in [0.1, 0.15) is 5.69 Å². The number of nitriles is 1. The van der Waals surface area contributed by atoms with Gasteiger partial charge in [0.2, 0.25) is 5.95 Å². The van der Waals surface area contributed by atoms with Crippen molar-refractivity contribution in [3.63, 3.8) is 0 Å². The highest BCUT2D eigenvalue weighted by Gasteiger charge is 2.17. The van der Waals surface area contributed by atoms with Crippen LogP contribution in [0.25, 0.3) is 0 Å². The first-order chi connectivity index (χ1) is 11.6. The third kappa shape index (κ3) is 3.87. The highest BCUT2D eigenvalue weighted by Crippen LogP contribution is 2.21. The van der Waals surface area contributed by atoms with Gasteiger partial charge in [-0.3, -0.25) is 4.79 Å². The van der Waals surface area contributed by atoms with Crippen molar-refractivity contribution in [1.82, 2.24) is 9.97 Å². The topological polar surface area (TPSA) is 90.7 Å². The van der Waals surface area contributed by atoms with Crippen LogP contribution in [0.1, 0.15) is 47.4 Å². The summed E-state index contributed by atoms with van der Waals surface area (Å²) >= 11 is 0. The Labute approximate surface area is 140 Å². The van der Waals surface area contributed by atoms with Crippen LogP contribution in [0.3, 0.4) is 0 Å². The van der Waals surface area contributed by atoms with E-state index in [0.29, 0.717) is 28.9 Å². The van der Waals surface area contributed by atoms with E-state index in [1.54, 1.807) is 30.3 Å². The van der Waals surface area contributed by atoms with E-state index in [9.17, 15) is 4.79 Å². The average molecular weight is 321 g/mol. The van der Waals surface area contributed by atoms with Gasteiger partial charge in [-0.05, 0) is 50.1 Å². The van der Waals surface area contributed by atoms with E-state index in [4.69, 9.17) is 5.26 Å². The molecule has 24 heavy (non-hydrogen) atoms. The van der Waals surface area contributed by atoms with Gasteiger partial charge < -0.3 is 10.6 Å². The lowest BCUT2D eigenvalue weighted by atomic mass is 10.2. The summed E-state index contributed by atoms with van der Waals surface area (Å²) in [6, 6.07) is 10.8. The number of hydrogen-bond donors (Lipinski definition) is 2. The standard InChI is InChI=1S/C18H19N5O/c1-12-10-16(23-18(20-12)22-14-4-2-3-5-14)17(24)21-15-8-6-13(11-19)7-9-15/h6-10,14H,2-5H2,1H3,(H,21,24)(H,20,22,23). The van der Waals surface area contributed by atoms with E-state index in [1.807, 2.05) is 13.0 Å². The number of nitrogens with one attached hydrogen (secondary N) is 2. The fraction of sp³-hybridized carbons (Fsp3) is 0.333. The van der Waals surface area contributed by atoms with E-state index < -0.39 is 0 Å². The third-order valence-corrected chi connectivity index (χ3v) is 4.05. The molecule has 0 saturated heterocycles. The van der Waals surface area contributed by atoms with Crippen LogP contribution in [-0.2, 0) is 0 Å². The molecular weight excluding hydrogens is 302 g/mol. The van der Waals surface area contributed by atoms with Crippen molar-refractivity contribution in [2.24, 2.45) is 0 Å². The molecule has 122 valence electrons. The number of amides is 1. The molecule has 0 bridgehead atoms. The number of hydrogen-bond acceptors (Lipinski definition) is 5. The average Bonchev–Trinajstić information content (AvgIpc) is 3.08. The molecule has 1 aromatic heterocycles. The largest absolute Gasteiger partial charge is 0.351 e. The fourth-order valence-electron chi connectivity index (χ4n) is 2.83. The summed E-state index contributed by atoms with van der Waals surface area (Å²) in [4.78, 5) is 21.1. The fourth-order valence-corrected chi connectivity index (χ4v) is 2.83. The molecule has 1 amide bonds. The number of anilines is 2. The Hall–Kier alpha value is -2.94. The molecule has 0 radical (unpaired) electrons. The number of carbonyl (C=O) groups is 1. The molecule has 0 aliphatic heterocycles. The zero-order chi connectivity index (χ0) is 16.9. The Bertz CT molecular complexity index is 773. The second-order valence-corrected chi connectivity index (χ2v) is 5.99. The second-order valence-electron chi connectivity index (χ2n) is 5.99. The van der Waals surface area contributed by atoms with E-state index in [1.165, 1.54) is 12.8 Å². The van der Waals surface area contributed by atoms with Gasteiger partial charge >= 0.3 is 0 Å². The molecule has 0 atom stereocenters. The predicted octanol–water partition coefficient (Wildman–Crippen LogP) is 3.26. The molecule has 1 aromatic carbocycles. The Morgan fingerprint density at radius 2 is 1.92 bits per heavy atom. The first kappa shape index (κ1) is 15.9. The molecule has 1 saturated carbocycles. The summed E-state index contributed by atoms with van der Waals surface area (Å²) in [5, 5.41) is 14.9. The molecule has 3 rings (SSSR count). The van der Waals surface area contributed by atoms with Gasteiger partial charge in [0.25, 0.3) is 5.91 Å². The van der Waals surface area contributed by atoms with E-state index >= 15 is 0 Å². The summed E-state index contributed by atoms with van der Waals surface area (Å²) in [7, 11) is 0. The van der Waals surface area contributed by atoms with Crippen molar-refractivity contribution in [2.75, 3.05) is 10.6 Å². The number of aromatic nitrogens is 2. The maximum atomic E-state index is 12.4. The van der Waals surface area contributed by atoms with Crippen molar-refractivity contribution in [3.8, 4) is 6.07 Å². The number of carbonyl (C=O) groups excluding carboxylic acids is 1. The number of benzene rings is 1. The van der Waals surface area contributed by atoms with Crippen LogP contribution in [-0.4, -0.2) is 21.9 Å². The molecule has 2 aromatic rings. The predicted molar refractivity (Wildman–Crippen MR) is 91.8 cm³/mol. The molecule has 1 aliphatic rings. The van der Waals surface area contributed by atoms with Gasteiger partial charge in [-0.2, -0.15) is 5.26 Å². The zero-order valence-corrected chi connectivity index (χ0v) is 13.5. The van der Waals surface area contributed by atoms with Gasteiger partial charge in [0, 0.05) is 17.4 Å². The minimum atomic E-state index is -0.292. The van der Waals surface area contributed by atoms with Crippen LogP contribution in [0.5, 0.6) is 0 Å². The van der Waals surface area contributed by atoms with Crippen LogP contribution in [0.4, 0.5) is 11.6 Å². The van der Waals surface area contributed by atoms with Crippen molar-refractivity contribution < 1.29 is 4.79 Å². The lowest BCUT2D eigenvalue weighted by molar-refractivity contribution is 0.102. The molecule has 6 nitrogen and oxygen atoms in total. The SMILES string of the molecule is Cc1cc(C(=O)Nc2ccc(C#N)cc2)nc(NC2CCCC2)n1. The minimum absolute atomic E-state index is 0.292. The number of nitrogens with zero attached hydrogens (tertiary/aromatic N) is 3. The molecule has 2 N–H and O–H groups in total. The first-order valence-corrected chi connectivity index (χ1v) is 8.08. The summed E-state index contributed by atoms with van der Waals surface area (Å²) in [5.74, 6) is 0.214. The van der Waals surface area contributed by atoms with Gasteiger partial charge in [-0.1, -0.05) is 12.8 Å². The third-order valence-electron chi connectivity index (χ3n) is 4.05. The first-order valence-electron chi connectivity index (χ1n) is 8.08. The van der Waals surface area contributed by atoms with Crippen LogP contribution in [0.2, 0.25) is 0 Å². The van der Waals surface area contributed by atoms with Crippen molar-refractivity contribution >= 4 is 17.5 Å². The minimum Gasteiger partial charge on any atom is -0.351 e. The van der Waals surface area contributed by atoms with Crippen LogP contribution in [0, 0.1) is 18.3 Å². The molecule has 0 spiro atoms. The second kappa shape index (κ2) is 7.09. The molecule has 1 aliphatic carbocycles. The van der Waals surface area contributed by atoms with E-state index in [-0.39, 0.29) is 5.91 Å². The summed E-state index contributed by atoms with van der Waals surface area (Å²) in [5.41, 5.74) is 2.25. The van der Waals surface area contributed by atoms with Crippen LogP contribution >= 0.6 is 0 Å². The Balaban J connectivity index is 1.73. The molecule has 6 heteroatoms.